The highest BCUT2D eigenvalue weighted by Gasteiger charge is 2.26. The van der Waals surface area contributed by atoms with E-state index in [9.17, 15) is 13.2 Å². The van der Waals surface area contributed by atoms with E-state index in [4.69, 9.17) is 0 Å². The lowest BCUT2D eigenvalue weighted by atomic mass is 10.0. The molecular formula is C10H14F3NS. The first-order valence-corrected chi connectivity index (χ1v) is 5.73. The number of rotatable bonds is 5. The first kappa shape index (κ1) is 12.5. The zero-order valence-electron chi connectivity index (χ0n) is 8.47. The molecule has 1 aromatic heterocycles. The average molecular weight is 237 g/mol. The lowest BCUT2D eigenvalue weighted by Crippen LogP contribution is -2.17. The Labute approximate surface area is 91.3 Å². The Morgan fingerprint density at radius 3 is 2.67 bits per heavy atom. The summed E-state index contributed by atoms with van der Waals surface area (Å²) >= 11 is 1.56. The Kier molecular flexibility index (Phi) is 4.60. The van der Waals surface area contributed by atoms with Gasteiger partial charge < -0.3 is 5.32 Å². The van der Waals surface area contributed by atoms with Crippen molar-refractivity contribution in [3.8, 4) is 0 Å². The molecular weight excluding hydrogens is 223 g/mol. The molecule has 0 aromatic carbocycles. The molecule has 0 radical (unpaired) electrons. The SMILES string of the molecule is CNC(CCCC(F)(F)F)c1ccsc1. The van der Waals surface area contributed by atoms with Crippen LogP contribution < -0.4 is 5.32 Å². The molecule has 0 bridgehead atoms. The number of hydrogen-bond donors (Lipinski definition) is 1. The van der Waals surface area contributed by atoms with Crippen LogP contribution in [0.2, 0.25) is 0 Å². The Morgan fingerprint density at radius 2 is 2.20 bits per heavy atom. The van der Waals surface area contributed by atoms with Crippen LogP contribution in [0.3, 0.4) is 0 Å². The highest BCUT2D eigenvalue weighted by Crippen LogP contribution is 2.26. The van der Waals surface area contributed by atoms with Gasteiger partial charge in [-0.05, 0) is 42.3 Å². The van der Waals surface area contributed by atoms with Crippen molar-refractivity contribution in [2.75, 3.05) is 7.05 Å². The summed E-state index contributed by atoms with van der Waals surface area (Å²) in [7, 11) is 1.77. The molecule has 86 valence electrons. The van der Waals surface area contributed by atoms with Crippen LogP contribution in [0, 0.1) is 0 Å². The van der Waals surface area contributed by atoms with Gasteiger partial charge in [0.05, 0.1) is 0 Å². The van der Waals surface area contributed by atoms with Crippen LogP contribution in [0.15, 0.2) is 16.8 Å². The molecule has 0 saturated heterocycles. The van der Waals surface area contributed by atoms with Gasteiger partial charge >= 0.3 is 6.18 Å². The summed E-state index contributed by atoms with van der Waals surface area (Å²) in [6, 6.07) is 1.98. The Balaban J connectivity index is 2.36. The molecule has 1 rings (SSSR count). The molecule has 0 fully saturated rings. The zero-order chi connectivity index (χ0) is 11.3. The lowest BCUT2D eigenvalue weighted by Gasteiger charge is -2.15. The summed E-state index contributed by atoms with van der Waals surface area (Å²) in [5, 5.41) is 6.93. The van der Waals surface area contributed by atoms with Crippen molar-refractivity contribution < 1.29 is 13.2 Å². The first-order chi connectivity index (χ1) is 7.03. The number of alkyl halides is 3. The molecule has 15 heavy (non-hydrogen) atoms. The molecule has 0 spiro atoms. The fraction of sp³-hybridized carbons (Fsp3) is 0.600. The van der Waals surface area contributed by atoms with Crippen LogP contribution in [-0.4, -0.2) is 13.2 Å². The van der Waals surface area contributed by atoms with Crippen molar-refractivity contribution in [2.45, 2.75) is 31.5 Å². The van der Waals surface area contributed by atoms with Crippen molar-refractivity contribution in [1.82, 2.24) is 5.32 Å². The van der Waals surface area contributed by atoms with Crippen LogP contribution in [0.1, 0.15) is 30.9 Å². The highest BCUT2D eigenvalue weighted by atomic mass is 32.1. The molecule has 0 aliphatic heterocycles. The van der Waals surface area contributed by atoms with Crippen LogP contribution in [0.4, 0.5) is 13.2 Å². The minimum atomic E-state index is -4.03. The predicted octanol–water partition coefficient (Wildman–Crippen LogP) is 3.74. The Hall–Kier alpha value is -0.550. The van der Waals surface area contributed by atoms with Crippen LogP contribution >= 0.6 is 11.3 Å². The number of thiophene rings is 1. The van der Waals surface area contributed by atoms with Crippen LogP contribution in [0.5, 0.6) is 0 Å². The smallest absolute Gasteiger partial charge is 0.313 e. The molecule has 1 atom stereocenters. The third-order valence-corrected chi connectivity index (χ3v) is 2.95. The summed E-state index contributed by atoms with van der Waals surface area (Å²) in [5.74, 6) is 0. The molecule has 5 heteroatoms. The normalized spacial score (nSPS) is 14.1. The van der Waals surface area contributed by atoms with Gasteiger partial charge in [0.1, 0.15) is 0 Å². The average Bonchev–Trinajstić information content (AvgIpc) is 2.63. The largest absolute Gasteiger partial charge is 0.389 e. The van der Waals surface area contributed by atoms with E-state index in [-0.39, 0.29) is 12.5 Å². The Bertz CT molecular complexity index is 269. The van der Waals surface area contributed by atoms with Gasteiger partial charge in [0, 0.05) is 12.5 Å². The third kappa shape index (κ3) is 4.66. The van der Waals surface area contributed by atoms with Crippen molar-refractivity contribution >= 4 is 11.3 Å². The van der Waals surface area contributed by atoms with Crippen molar-refractivity contribution in [3.05, 3.63) is 22.4 Å². The summed E-state index contributed by atoms with van der Waals surface area (Å²) in [6.45, 7) is 0. The van der Waals surface area contributed by atoms with Gasteiger partial charge in [-0.1, -0.05) is 0 Å². The standard InChI is InChI=1S/C10H14F3NS/c1-14-9(8-4-6-15-7-8)3-2-5-10(11,12)13/h4,6-7,9,14H,2-3,5H2,1H3. The van der Waals surface area contributed by atoms with Gasteiger partial charge in [-0.25, -0.2) is 0 Å². The van der Waals surface area contributed by atoms with E-state index < -0.39 is 12.6 Å². The molecule has 0 saturated carbocycles. The second kappa shape index (κ2) is 5.51. The lowest BCUT2D eigenvalue weighted by molar-refractivity contribution is -0.135. The maximum Gasteiger partial charge on any atom is 0.389 e. The van der Waals surface area contributed by atoms with E-state index in [0.29, 0.717) is 6.42 Å². The summed E-state index contributed by atoms with van der Waals surface area (Å²) in [4.78, 5) is 0. The Morgan fingerprint density at radius 1 is 1.47 bits per heavy atom. The van der Waals surface area contributed by atoms with E-state index in [1.54, 1.807) is 18.4 Å². The molecule has 1 nitrogen and oxygen atoms in total. The predicted molar refractivity (Wildman–Crippen MR) is 56.0 cm³/mol. The first-order valence-electron chi connectivity index (χ1n) is 4.79. The maximum absolute atomic E-state index is 11.9. The van der Waals surface area contributed by atoms with E-state index in [2.05, 4.69) is 5.32 Å². The fourth-order valence-corrected chi connectivity index (χ4v) is 2.17. The van der Waals surface area contributed by atoms with E-state index in [0.717, 1.165) is 5.56 Å². The fourth-order valence-electron chi connectivity index (χ4n) is 1.46. The number of halogens is 3. The summed E-state index contributed by atoms with van der Waals surface area (Å²) in [6.07, 6.45) is -4.04. The van der Waals surface area contributed by atoms with Crippen molar-refractivity contribution in [2.24, 2.45) is 0 Å². The van der Waals surface area contributed by atoms with Crippen LogP contribution in [-0.2, 0) is 0 Å². The second-order valence-electron chi connectivity index (χ2n) is 3.41. The zero-order valence-corrected chi connectivity index (χ0v) is 9.29. The quantitative estimate of drug-likeness (QED) is 0.822. The molecule has 0 aliphatic carbocycles. The molecule has 1 aromatic rings. The summed E-state index contributed by atoms with van der Waals surface area (Å²) < 4.78 is 35.8. The molecule has 0 amide bonds. The van der Waals surface area contributed by atoms with Crippen LogP contribution in [0.25, 0.3) is 0 Å². The molecule has 1 heterocycles. The van der Waals surface area contributed by atoms with Gasteiger partial charge in [0.25, 0.3) is 0 Å². The van der Waals surface area contributed by atoms with Gasteiger partial charge in [-0.3, -0.25) is 0 Å². The summed E-state index contributed by atoms with van der Waals surface area (Å²) in [5.41, 5.74) is 1.07. The molecule has 0 aliphatic rings. The number of hydrogen-bond acceptors (Lipinski definition) is 2. The van der Waals surface area contributed by atoms with E-state index >= 15 is 0 Å². The minimum Gasteiger partial charge on any atom is -0.313 e. The van der Waals surface area contributed by atoms with Gasteiger partial charge in [-0.2, -0.15) is 24.5 Å². The van der Waals surface area contributed by atoms with E-state index in [1.165, 1.54) is 0 Å². The van der Waals surface area contributed by atoms with Gasteiger partial charge in [0.2, 0.25) is 0 Å². The van der Waals surface area contributed by atoms with Crippen molar-refractivity contribution in [1.29, 1.82) is 0 Å². The van der Waals surface area contributed by atoms with E-state index in [1.807, 2.05) is 16.8 Å². The monoisotopic (exact) mass is 237 g/mol. The van der Waals surface area contributed by atoms with Gasteiger partial charge in [0.15, 0.2) is 0 Å². The van der Waals surface area contributed by atoms with Crippen molar-refractivity contribution in [3.63, 3.8) is 0 Å². The molecule has 1 unspecified atom stereocenters. The number of nitrogens with one attached hydrogen (secondary N) is 1. The van der Waals surface area contributed by atoms with Gasteiger partial charge in [-0.15, -0.1) is 0 Å². The molecule has 1 N–H and O–H groups in total. The third-order valence-electron chi connectivity index (χ3n) is 2.25. The topological polar surface area (TPSA) is 12.0 Å². The highest BCUT2D eigenvalue weighted by molar-refractivity contribution is 7.07. The maximum atomic E-state index is 11.9. The minimum absolute atomic E-state index is 0.0404. The second-order valence-corrected chi connectivity index (χ2v) is 4.19.